The molecule has 0 radical (unpaired) electrons. The highest BCUT2D eigenvalue weighted by Gasteiger charge is 2.16. The molecule has 0 saturated heterocycles. The van der Waals surface area contributed by atoms with Gasteiger partial charge in [-0.2, -0.15) is 5.26 Å². The Morgan fingerprint density at radius 1 is 1.10 bits per heavy atom. The molecular weight excluding hydrogens is 282 g/mol. The van der Waals surface area contributed by atoms with E-state index >= 15 is 0 Å². The van der Waals surface area contributed by atoms with E-state index in [2.05, 4.69) is 6.07 Å². The van der Waals surface area contributed by atoms with Crippen LogP contribution in [0.1, 0.15) is 5.56 Å². The third-order valence-corrected chi connectivity index (χ3v) is 3.69. The van der Waals surface area contributed by atoms with Gasteiger partial charge in [-0.3, -0.25) is 0 Å². The summed E-state index contributed by atoms with van der Waals surface area (Å²) in [5.41, 5.74) is 1.73. The van der Waals surface area contributed by atoms with E-state index in [-0.39, 0.29) is 0 Å². The molecular formula is C17H11NO2S. The van der Waals surface area contributed by atoms with Crippen LogP contribution in [0.4, 0.5) is 0 Å². The number of para-hydroxylation sites is 2. The average Bonchev–Trinajstić information content (AvgIpc) is 2.54. The van der Waals surface area contributed by atoms with E-state index < -0.39 is 0 Å². The lowest BCUT2D eigenvalue weighted by Gasteiger charge is -2.10. The maximum Gasteiger partial charge on any atom is 0.157 e. The number of hydrogen-bond donors (Lipinski definition) is 0. The lowest BCUT2D eigenvalue weighted by molar-refractivity contribution is 0.415. The van der Waals surface area contributed by atoms with Crippen molar-refractivity contribution in [2.24, 2.45) is 0 Å². The summed E-state index contributed by atoms with van der Waals surface area (Å²) in [6.07, 6.45) is 0. The second-order valence-electron chi connectivity index (χ2n) is 4.44. The minimum Gasteiger partial charge on any atom is -0.496 e. The number of nitrogens with zero attached hydrogens (tertiary/aromatic N) is 1. The van der Waals surface area contributed by atoms with Crippen molar-refractivity contribution < 1.29 is 9.15 Å². The molecule has 0 fully saturated rings. The summed E-state index contributed by atoms with van der Waals surface area (Å²) in [6, 6.07) is 17.0. The first-order valence-electron chi connectivity index (χ1n) is 6.35. The molecule has 1 aromatic heterocycles. The van der Waals surface area contributed by atoms with Gasteiger partial charge in [0.25, 0.3) is 0 Å². The van der Waals surface area contributed by atoms with Crippen molar-refractivity contribution in [3.05, 3.63) is 58.6 Å². The Bertz CT molecular complexity index is 922. The Kier molecular flexibility index (Phi) is 3.43. The summed E-state index contributed by atoms with van der Waals surface area (Å²) >= 11 is 5.44. The van der Waals surface area contributed by atoms with Crippen LogP contribution in [0.2, 0.25) is 0 Å². The molecule has 0 unspecified atom stereocenters. The van der Waals surface area contributed by atoms with Crippen molar-refractivity contribution in [1.29, 1.82) is 5.26 Å². The zero-order valence-corrected chi connectivity index (χ0v) is 12.1. The van der Waals surface area contributed by atoms with Crippen LogP contribution in [0.5, 0.6) is 5.75 Å². The molecule has 1 heterocycles. The normalized spacial score (nSPS) is 10.3. The maximum absolute atomic E-state index is 9.47. The number of nitriles is 1. The summed E-state index contributed by atoms with van der Waals surface area (Å²) in [5.74, 6) is 1.08. The maximum atomic E-state index is 9.47. The first kappa shape index (κ1) is 13.3. The number of benzene rings is 2. The van der Waals surface area contributed by atoms with Gasteiger partial charge in [-0.15, -0.1) is 0 Å². The molecule has 0 spiro atoms. The summed E-state index contributed by atoms with van der Waals surface area (Å²) in [6.45, 7) is 0. The molecule has 3 nitrogen and oxygen atoms in total. The predicted octanol–water partition coefficient (Wildman–Crippen LogP) is 4.71. The van der Waals surface area contributed by atoms with Crippen molar-refractivity contribution in [1.82, 2.24) is 0 Å². The molecule has 2 aromatic carbocycles. The molecule has 0 aliphatic rings. The van der Waals surface area contributed by atoms with Crippen LogP contribution in [-0.4, -0.2) is 7.11 Å². The van der Waals surface area contributed by atoms with Gasteiger partial charge in [0.15, 0.2) is 5.76 Å². The zero-order chi connectivity index (χ0) is 14.8. The number of methoxy groups -OCH3 is 1. The number of fused-ring (bicyclic) bond motifs is 1. The number of rotatable bonds is 2. The summed E-state index contributed by atoms with van der Waals surface area (Å²) < 4.78 is 11.8. The van der Waals surface area contributed by atoms with E-state index in [1.54, 1.807) is 7.11 Å². The molecule has 0 amide bonds. The Hall–Kier alpha value is -2.64. The fourth-order valence-electron chi connectivity index (χ4n) is 2.27. The number of ether oxygens (including phenoxy) is 1. The van der Waals surface area contributed by atoms with Gasteiger partial charge in [-0.25, -0.2) is 0 Å². The Morgan fingerprint density at radius 3 is 2.57 bits per heavy atom. The van der Waals surface area contributed by atoms with Gasteiger partial charge in [-0.05, 0) is 24.3 Å². The van der Waals surface area contributed by atoms with Gasteiger partial charge in [0, 0.05) is 5.39 Å². The summed E-state index contributed by atoms with van der Waals surface area (Å²) in [5, 5.41) is 10.2. The predicted molar refractivity (Wildman–Crippen MR) is 83.8 cm³/mol. The molecule has 3 aromatic rings. The molecule has 3 rings (SSSR count). The highest BCUT2D eigenvalue weighted by molar-refractivity contribution is 7.71. The number of hydrogen-bond acceptors (Lipinski definition) is 4. The van der Waals surface area contributed by atoms with Crippen molar-refractivity contribution in [2.75, 3.05) is 7.11 Å². The summed E-state index contributed by atoms with van der Waals surface area (Å²) in [7, 11) is 1.58. The molecule has 0 aliphatic carbocycles. The third-order valence-electron chi connectivity index (χ3n) is 3.26. The van der Waals surface area contributed by atoms with Crippen LogP contribution < -0.4 is 4.74 Å². The highest BCUT2D eigenvalue weighted by atomic mass is 32.1. The quantitative estimate of drug-likeness (QED) is 0.642. The molecule has 0 N–H and O–H groups in total. The van der Waals surface area contributed by atoms with E-state index in [4.69, 9.17) is 21.4 Å². The van der Waals surface area contributed by atoms with Crippen LogP contribution in [0, 0.1) is 15.8 Å². The van der Waals surface area contributed by atoms with Crippen molar-refractivity contribution in [2.45, 2.75) is 0 Å². The van der Waals surface area contributed by atoms with Gasteiger partial charge < -0.3 is 9.15 Å². The van der Waals surface area contributed by atoms with Crippen molar-refractivity contribution in [3.63, 3.8) is 0 Å². The molecule has 4 heteroatoms. The minimum atomic E-state index is 0.355. The van der Waals surface area contributed by atoms with Gasteiger partial charge in [0.1, 0.15) is 23.0 Å². The van der Waals surface area contributed by atoms with Crippen molar-refractivity contribution >= 4 is 23.2 Å². The average molecular weight is 293 g/mol. The van der Waals surface area contributed by atoms with E-state index in [0.717, 1.165) is 5.39 Å². The van der Waals surface area contributed by atoms with Crippen LogP contribution in [0.3, 0.4) is 0 Å². The first-order chi connectivity index (χ1) is 10.3. The van der Waals surface area contributed by atoms with Crippen LogP contribution in [0.25, 0.3) is 22.3 Å². The van der Waals surface area contributed by atoms with Crippen LogP contribution in [-0.2, 0) is 0 Å². The topological polar surface area (TPSA) is 46.2 Å². The molecule has 0 bridgehead atoms. The second kappa shape index (κ2) is 5.39. The molecule has 0 atom stereocenters. The largest absolute Gasteiger partial charge is 0.496 e. The van der Waals surface area contributed by atoms with E-state index in [0.29, 0.717) is 32.7 Å². The van der Waals surface area contributed by atoms with Gasteiger partial charge >= 0.3 is 0 Å². The Labute approximate surface area is 127 Å². The minimum absolute atomic E-state index is 0.355. The third kappa shape index (κ3) is 2.18. The van der Waals surface area contributed by atoms with E-state index in [9.17, 15) is 5.26 Å². The van der Waals surface area contributed by atoms with Crippen molar-refractivity contribution in [3.8, 4) is 23.1 Å². The SMILES string of the molecule is COc1ccccc1-c1oc2ccccc2c(=S)c1C#N. The molecule has 102 valence electrons. The van der Waals surface area contributed by atoms with Crippen LogP contribution >= 0.6 is 12.2 Å². The molecule has 0 saturated carbocycles. The van der Waals surface area contributed by atoms with Gasteiger partial charge in [0.05, 0.1) is 17.2 Å². The van der Waals surface area contributed by atoms with E-state index in [1.807, 2.05) is 48.5 Å². The fourth-order valence-corrected chi connectivity index (χ4v) is 2.57. The standard InChI is InChI=1S/C17H11NO2S/c1-19-14-8-4-2-6-11(14)16-13(10-18)17(21)12-7-3-5-9-15(12)20-16/h2-9H,1H3. The Balaban J connectivity index is 2.43. The van der Waals surface area contributed by atoms with E-state index in [1.165, 1.54) is 0 Å². The first-order valence-corrected chi connectivity index (χ1v) is 6.76. The lowest BCUT2D eigenvalue weighted by Crippen LogP contribution is -1.92. The molecule has 0 aliphatic heterocycles. The van der Waals surface area contributed by atoms with Gasteiger partial charge in [0.2, 0.25) is 0 Å². The molecule has 21 heavy (non-hydrogen) atoms. The smallest absolute Gasteiger partial charge is 0.157 e. The Morgan fingerprint density at radius 2 is 1.81 bits per heavy atom. The van der Waals surface area contributed by atoms with Gasteiger partial charge in [-0.1, -0.05) is 36.5 Å². The summed E-state index contributed by atoms with van der Waals surface area (Å²) in [4.78, 5) is 0. The fraction of sp³-hybridized carbons (Fsp3) is 0.0588. The second-order valence-corrected chi connectivity index (χ2v) is 4.85. The lowest BCUT2D eigenvalue weighted by atomic mass is 10.1. The zero-order valence-electron chi connectivity index (χ0n) is 11.3. The van der Waals surface area contributed by atoms with Crippen LogP contribution in [0.15, 0.2) is 52.9 Å². The monoisotopic (exact) mass is 293 g/mol. The highest BCUT2D eigenvalue weighted by Crippen LogP contribution is 2.35.